The van der Waals surface area contributed by atoms with Gasteiger partial charge in [-0.2, -0.15) is 0 Å². The van der Waals surface area contributed by atoms with Gasteiger partial charge in [0.2, 0.25) is 5.91 Å². The first-order chi connectivity index (χ1) is 14.4. The fraction of sp³-hybridized carbons (Fsp3) is 0.158. The standard InChI is InChI=1S/C19H16FN7O2S/c20-10-4-1-3-9(7-10)8-23-18-14(17(22)29)25-26-19(24-18)13-11-5-2-6-12(16(21)28)15(11)30-27-13/h1-7,11,15H,8H2,(H2,21,28)(H2,22,29)(H,23,24,26). The maximum absolute atomic E-state index is 13.4. The molecule has 9 nitrogen and oxygen atoms in total. The lowest BCUT2D eigenvalue weighted by atomic mass is 9.89. The van der Waals surface area contributed by atoms with Crippen molar-refractivity contribution in [1.82, 2.24) is 15.2 Å². The zero-order chi connectivity index (χ0) is 21.3. The highest BCUT2D eigenvalue weighted by Gasteiger charge is 2.39. The lowest BCUT2D eigenvalue weighted by molar-refractivity contribution is -0.114. The fourth-order valence-electron chi connectivity index (χ4n) is 3.17. The third kappa shape index (κ3) is 3.79. The van der Waals surface area contributed by atoms with Crippen LogP contribution in [0.25, 0.3) is 0 Å². The zero-order valence-corrected chi connectivity index (χ0v) is 16.3. The van der Waals surface area contributed by atoms with Gasteiger partial charge >= 0.3 is 0 Å². The Labute approximate surface area is 174 Å². The number of amides is 2. The molecule has 0 spiro atoms. The Kier molecular flexibility index (Phi) is 5.27. The topological polar surface area (TPSA) is 149 Å². The molecule has 2 atom stereocenters. The average molecular weight is 425 g/mol. The molecule has 2 amide bonds. The van der Waals surface area contributed by atoms with Gasteiger partial charge in [0.15, 0.2) is 17.3 Å². The molecule has 1 aromatic carbocycles. The highest BCUT2D eigenvalue weighted by molar-refractivity contribution is 7.99. The smallest absolute Gasteiger partial charge is 0.273 e. The molecular formula is C19H16FN7O2S. The summed E-state index contributed by atoms with van der Waals surface area (Å²) in [6.07, 6.45) is 5.27. The van der Waals surface area contributed by atoms with Crippen molar-refractivity contribution in [3.63, 3.8) is 0 Å². The van der Waals surface area contributed by atoms with Gasteiger partial charge in [-0.05, 0) is 29.6 Å². The molecule has 1 aliphatic carbocycles. The summed E-state index contributed by atoms with van der Waals surface area (Å²) in [5.41, 5.74) is 12.3. The summed E-state index contributed by atoms with van der Waals surface area (Å²) in [6, 6.07) is 6.00. The van der Waals surface area contributed by atoms with Gasteiger partial charge in [0.1, 0.15) is 11.5 Å². The van der Waals surface area contributed by atoms with E-state index >= 15 is 0 Å². The Hall–Kier alpha value is -3.60. The number of aromatic nitrogens is 3. The minimum Gasteiger partial charge on any atom is -0.366 e. The molecule has 0 bridgehead atoms. The van der Waals surface area contributed by atoms with Crippen molar-refractivity contribution in [3.8, 4) is 0 Å². The molecule has 11 heteroatoms. The predicted molar refractivity (Wildman–Crippen MR) is 110 cm³/mol. The Morgan fingerprint density at radius 2 is 2.03 bits per heavy atom. The molecule has 1 aromatic heterocycles. The molecule has 0 saturated carbocycles. The summed E-state index contributed by atoms with van der Waals surface area (Å²) in [5.74, 6) is -1.66. The van der Waals surface area contributed by atoms with Crippen LogP contribution in [0.15, 0.2) is 52.5 Å². The van der Waals surface area contributed by atoms with Gasteiger partial charge in [0.05, 0.1) is 5.25 Å². The summed E-state index contributed by atoms with van der Waals surface area (Å²) in [7, 11) is 0. The molecule has 0 radical (unpaired) electrons. The van der Waals surface area contributed by atoms with Gasteiger partial charge in [-0.25, -0.2) is 13.8 Å². The van der Waals surface area contributed by atoms with E-state index < -0.39 is 11.8 Å². The van der Waals surface area contributed by atoms with Crippen molar-refractivity contribution in [2.75, 3.05) is 5.32 Å². The van der Waals surface area contributed by atoms with Crippen molar-refractivity contribution in [2.24, 2.45) is 21.8 Å². The number of fused-ring (bicyclic) bond motifs is 1. The number of benzene rings is 1. The van der Waals surface area contributed by atoms with Crippen LogP contribution in [0.3, 0.4) is 0 Å². The maximum Gasteiger partial charge on any atom is 0.273 e. The van der Waals surface area contributed by atoms with Crippen LogP contribution in [0.1, 0.15) is 21.9 Å². The molecule has 152 valence electrons. The van der Waals surface area contributed by atoms with E-state index in [1.54, 1.807) is 24.3 Å². The van der Waals surface area contributed by atoms with E-state index in [-0.39, 0.29) is 40.9 Å². The molecule has 0 saturated heterocycles. The van der Waals surface area contributed by atoms with Crippen LogP contribution in [-0.4, -0.2) is 38.0 Å². The molecule has 2 unspecified atom stereocenters. The normalized spacial score (nSPS) is 19.6. The van der Waals surface area contributed by atoms with Crippen LogP contribution in [0.4, 0.5) is 10.2 Å². The number of hydrogen-bond acceptors (Lipinski definition) is 8. The lowest BCUT2D eigenvalue weighted by Gasteiger charge is -2.20. The van der Waals surface area contributed by atoms with E-state index in [9.17, 15) is 14.0 Å². The second-order valence-electron chi connectivity index (χ2n) is 6.58. The van der Waals surface area contributed by atoms with Crippen LogP contribution in [0.5, 0.6) is 0 Å². The zero-order valence-electron chi connectivity index (χ0n) is 15.4. The van der Waals surface area contributed by atoms with E-state index in [1.165, 1.54) is 24.1 Å². The van der Waals surface area contributed by atoms with Gasteiger partial charge in [-0.15, -0.1) is 10.2 Å². The van der Waals surface area contributed by atoms with Gasteiger partial charge in [0.25, 0.3) is 5.91 Å². The second kappa shape index (κ2) is 8.03. The number of carbonyl (C=O) groups is 2. The van der Waals surface area contributed by atoms with Crippen LogP contribution >= 0.6 is 11.9 Å². The number of anilines is 1. The van der Waals surface area contributed by atoms with Crippen molar-refractivity contribution in [2.45, 2.75) is 11.8 Å². The Balaban J connectivity index is 1.62. The Morgan fingerprint density at radius 3 is 2.77 bits per heavy atom. The summed E-state index contributed by atoms with van der Waals surface area (Å²) < 4.78 is 17.8. The van der Waals surface area contributed by atoms with Crippen molar-refractivity contribution >= 4 is 35.3 Å². The van der Waals surface area contributed by atoms with Crippen molar-refractivity contribution in [3.05, 3.63) is 71.0 Å². The maximum atomic E-state index is 13.4. The molecule has 4 rings (SSSR count). The molecule has 0 fully saturated rings. The molecule has 30 heavy (non-hydrogen) atoms. The number of nitrogens with two attached hydrogens (primary N) is 2. The third-order valence-electron chi connectivity index (χ3n) is 4.59. The number of hydrogen-bond donors (Lipinski definition) is 3. The first-order valence-electron chi connectivity index (χ1n) is 8.89. The first-order valence-corrected chi connectivity index (χ1v) is 9.73. The van der Waals surface area contributed by atoms with Gasteiger partial charge in [0, 0.05) is 18.0 Å². The van der Waals surface area contributed by atoms with Gasteiger partial charge in [-0.3, -0.25) is 9.59 Å². The molecule has 5 N–H and O–H groups in total. The second-order valence-corrected chi connectivity index (χ2v) is 7.48. The number of primary amides is 2. The van der Waals surface area contributed by atoms with E-state index in [0.29, 0.717) is 16.8 Å². The summed E-state index contributed by atoms with van der Waals surface area (Å²) in [6.45, 7) is 0.192. The van der Waals surface area contributed by atoms with Crippen LogP contribution in [-0.2, 0) is 11.3 Å². The molecule has 2 aliphatic rings. The van der Waals surface area contributed by atoms with E-state index in [2.05, 4.69) is 24.9 Å². The largest absolute Gasteiger partial charge is 0.366 e. The Morgan fingerprint density at radius 1 is 1.20 bits per heavy atom. The first kappa shape index (κ1) is 19.7. The number of rotatable bonds is 6. The van der Waals surface area contributed by atoms with Crippen molar-refractivity contribution < 1.29 is 14.0 Å². The summed E-state index contributed by atoms with van der Waals surface area (Å²) >= 11 is 1.20. The average Bonchev–Trinajstić information content (AvgIpc) is 3.16. The molecular weight excluding hydrogens is 409 g/mol. The molecule has 2 aromatic rings. The quantitative estimate of drug-likeness (QED) is 0.587. The van der Waals surface area contributed by atoms with Crippen LogP contribution in [0, 0.1) is 11.7 Å². The third-order valence-corrected chi connectivity index (χ3v) is 5.67. The lowest BCUT2D eigenvalue weighted by Crippen LogP contribution is -2.31. The highest BCUT2D eigenvalue weighted by Crippen LogP contribution is 2.39. The number of carbonyl (C=O) groups excluding carboxylic acids is 2. The van der Waals surface area contributed by atoms with E-state index in [4.69, 9.17) is 11.5 Å². The van der Waals surface area contributed by atoms with E-state index in [1.807, 2.05) is 6.08 Å². The SMILES string of the molecule is NC(=O)C1=CC=CC2C(c3nnc(C(N)=O)c(NCc4cccc(F)c4)n3)=NSC12. The summed E-state index contributed by atoms with van der Waals surface area (Å²) in [5, 5.41) is 10.6. The molecule has 2 heterocycles. The number of nitrogens with one attached hydrogen (secondary N) is 1. The summed E-state index contributed by atoms with van der Waals surface area (Å²) in [4.78, 5) is 27.8. The minimum absolute atomic E-state index is 0.110. The van der Waals surface area contributed by atoms with E-state index in [0.717, 1.165) is 0 Å². The predicted octanol–water partition coefficient (Wildman–Crippen LogP) is 1.14. The number of allylic oxidation sites excluding steroid dienone is 3. The number of nitrogens with zero attached hydrogens (tertiary/aromatic N) is 4. The van der Waals surface area contributed by atoms with Crippen LogP contribution in [0.2, 0.25) is 0 Å². The van der Waals surface area contributed by atoms with Gasteiger partial charge < -0.3 is 16.8 Å². The monoisotopic (exact) mass is 425 g/mol. The Bertz CT molecular complexity index is 1130. The van der Waals surface area contributed by atoms with Gasteiger partial charge in [-0.1, -0.05) is 30.4 Å². The number of halogens is 1. The highest BCUT2D eigenvalue weighted by atomic mass is 32.2. The molecule has 1 aliphatic heterocycles. The minimum atomic E-state index is -0.805. The van der Waals surface area contributed by atoms with Crippen LogP contribution < -0.4 is 16.8 Å². The van der Waals surface area contributed by atoms with Crippen molar-refractivity contribution in [1.29, 1.82) is 0 Å². The fourth-order valence-corrected chi connectivity index (χ4v) is 4.26.